The third-order valence-electron chi connectivity index (χ3n) is 1.45. The molecular weight excluding hydrogens is 208 g/mol. The van der Waals surface area contributed by atoms with Gasteiger partial charge in [0, 0.05) is 5.03 Å². The summed E-state index contributed by atoms with van der Waals surface area (Å²) in [6.07, 6.45) is 0. The topological polar surface area (TPSA) is 34.1 Å². The standard InChI is InChI=1S/C9H9ClO2S/c1-8(10)7-13(11,12)9-5-3-2-4-6-9/h2-6H,1,7H2. The van der Waals surface area contributed by atoms with Crippen LogP contribution in [0.3, 0.4) is 0 Å². The largest absolute Gasteiger partial charge is 0.223 e. The highest BCUT2D eigenvalue weighted by Gasteiger charge is 2.13. The van der Waals surface area contributed by atoms with Crippen molar-refractivity contribution in [2.24, 2.45) is 0 Å². The quantitative estimate of drug-likeness (QED) is 0.777. The van der Waals surface area contributed by atoms with Crippen molar-refractivity contribution in [2.45, 2.75) is 4.90 Å². The smallest absolute Gasteiger partial charge is 0.183 e. The van der Waals surface area contributed by atoms with Crippen LogP contribution in [0.4, 0.5) is 0 Å². The summed E-state index contributed by atoms with van der Waals surface area (Å²) in [7, 11) is -3.29. The van der Waals surface area contributed by atoms with Gasteiger partial charge in [0.15, 0.2) is 9.84 Å². The van der Waals surface area contributed by atoms with E-state index >= 15 is 0 Å². The summed E-state index contributed by atoms with van der Waals surface area (Å²) in [6, 6.07) is 8.17. The van der Waals surface area contributed by atoms with Crippen molar-refractivity contribution in [1.82, 2.24) is 0 Å². The molecule has 0 spiro atoms. The van der Waals surface area contributed by atoms with E-state index in [9.17, 15) is 8.42 Å². The summed E-state index contributed by atoms with van der Waals surface area (Å²) in [5, 5.41) is 0.129. The molecule has 4 heteroatoms. The summed E-state index contributed by atoms with van der Waals surface area (Å²) in [6.45, 7) is 3.35. The zero-order valence-corrected chi connectivity index (χ0v) is 8.48. The van der Waals surface area contributed by atoms with Crippen molar-refractivity contribution < 1.29 is 8.42 Å². The molecule has 0 heterocycles. The molecule has 1 aromatic carbocycles. The van der Waals surface area contributed by atoms with E-state index in [1.807, 2.05) is 0 Å². The van der Waals surface area contributed by atoms with Gasteiger partial charge in [-0.05, 0) is 12.1 Å². The first-order valence-electron chi connectivity index (χ1n) is 3.63. The second-order valence-corrected chi connectivity index (χ2v) is 5.11. The number of rotatable bonds is 3. The van der Waals surface area contributed by atoms with Crippen molar-refractivity contribution >= 4 is 21.4 Å². The minimum absolute atomic E-state index is 0.129. The fourth-order valence-electron chi connectivity index (χ4n) is 0.917. The Bertz CT molecular complexity index is 395. The van der Waals surface area contributed by atoms with Crippen LogP contribution in [-0.2, 0) is 9.84 Å². The first-order valence-corrected chi connectivity index (χ1v) is 5.66. The molecule has 0 atom stereocenters. The number of hydrogen-bond acceptors (Lipinski definition) is 2. The SMILES string of the molecule is C=C(Cl)CS(=O)(=O)c1ccccc1. The lowest BCUT2D eigenvalue weighted by Crippen LogP contribution is -2.05. The molecule has 0 aliphatic heterocycles. The van der Waals surface area contributed by atoms with Gasteiger partial charge in [0.1, 0.15) is 0 Å². The summed E-state index contributed by atoms with van der Waals surface area (Å²) in [4.78, 5) is 0.275. The van der Waals surface area contributed by atoms with E-state index in [1.165, 1.54) is 12.1 Å². The Morgan fingerprint density at radius 1 is 1.31 bits per heavy atom. The first-order chi connectivity index (χ1) is 6.02. The van der Waals surface area contributed by atoms with E-state index in [2.05, 4.69) is 6.58 Å². The highest BCUT2D eigenvalue weighted by atomic mass is 35.5. The van der Waals surface area contributed by atoms with Crippen molar-refractivity contribution in [2.75, 3.05) is 5.75 Å². The summed E-state index contributed by atoms with van der Waals surface area (Å²) < 4.78 is 23.0. The van der Waals surface area contributed by atoms with Gasteiger partial charge in [0.25, 0.3) is 0 Å². The van der Waals surface area contributed by atoms with Crippen molar-refractivity contribution in [3.05, 3.63) is 41.9 Å². The predicted octanol–water partition coefficient (Wildman–Crippen LogP) is 2.21. The van der Waals surface area contributed by atoms with Crippen LogP contribution in [0.1, 0.15) is 0 Å². The molecule has 1 rings (SSSR count). The lowest BCUT2D eigenvalue weighted by atomic mass is 10.4. The minimum Gasteiger partial charge on any atom is -0.223 e. The average molecular weight is 217 g/mol. The molecule has 0 fully saturated rings. The van der Waals surface area contributed by atoms with Crippen LogP contribution < -0.4 is 0 Å². The Morgan fingerprint density at radius 2 is 1.85 bits per heavy atom. The summed E-state index contributed by atoms with van der Waals surface area (Å²) in [5.41, 5.74) is 0. The van der Waals surface area contributed by atoms with Crippen molar-refractivity contribution in [3.8, 4) is 0 Å². The van der Waals surface area contributed by atoms with Crippen molar-refractivity contribution in [3.63, 3.8) is 0 Å². The molecule has 0 aliphatic carbocycles. The molecule has 2 nitrogen and oxygen atoms in total. The van der Waals surface area contributed by atoms with Crippen molar-refractivity contribution in [1.29, 1.82) is 0 Å². The van der Waals surface area contributed by atoms with Gasteiger partial charge < -0.3 is 0 Å². The van der Waals surface area contributed by atoms with Crippen LogP contribution in [-0.4, -0.2) is 14.2 Å². The number of sulfone groups is 1. The third kappa shape index (κ3) is 2.86. The Labute approximate surface area is 82.8 Å². The van der Waals surface area contributed by atoms with Crippen LogP contribution in [0.2, 0.25) is 0 Å². The highest BCUT2D eigenvalue weighted by Crippen LogP contribution is 2.13. The van der Waals surface area contributed by atoms with Gasteiger partial charge in [-0.2, -0.15) is 0 Å². The monoisotopic (exact) mass is 216 g/mol. The zero-order valence-electron chi connectivity index (χ0n) is 6.90. The second kappa shape index (κ2) is 3.94. The number of halogens is 1. The van der Waals surface area contributed by atoms with E-state index in [-0.39, 0.29) is 15.7 Å². The molecule has 0 radical (unpaired) electrons. The number of benzene rings is 1. The molecule has 0 N–H and O–H groups in total. The van der Waals surface area contributed by atoms with E-state index in [1.54, 1.807) is 18.2 Å². The minimum atomic E-state index is -3.29. The maximum Gasteiger partial charge on any atom is 0.183 e. The molecule has 0 saturated carbocycles. The van der Waals surface area contributed by atoms with Crippen LogP contribution in [0, 0.1) is 0 Å². The predicted molar refractivity (Wildman–Crippen MR) is 53.5 cm³/mol. The molecule has 0 bridgehead atoms. The fourth-order valence-corrected chi connectivity index (χ4v) is 2.50. The summed E-state index contributed by atoms with van der Waals surface area (Å²) in [5.74, 6) is -0.210. The molecule has 13 heavy (non-hydrogen) atoms. The van der Waals surface area contributed by atoms with E-state index in [0.29, 0.717) is 0 Å². The second-order valence-electron chi connectivity index (χ2n) is 2.59. The maximum atomic E-state index is 11.5. The highest BCUT2D eigenvalue weighted by molar-refractivity contribution is 7.91. The molecule has 0 saturated heterocycles. The van der Waals surface area contributed by atoms with Crippen LogP contribution >= 0.6 is 11.6 Å². The van der Waals surface area contributed by atoms with Gasteiger partial charge in [0.05, 0.1) is 10.6 Å². The van der Waals surface area contributed by atoms with Gasteiger partial charge in [0.2, 0.25) is 0 Å². The van der Waals surface area contributed by atoms with Gasteiger partial charge in [-0.15, -0.1) is 0 Å². The normalized spacial score (nSPS) is 11.2. The Morgan fingerprint density at radius 3 is 2.31 bits per heavy atom. The molecule has 0 amide bonds. The Kier molecular flexibility index (Phi) is 3.12. The molecule has 70 valence electrons. The average Bonchev–Trinajstić information content (AvgIpc) is 2.04. The molecule has 1 aromatic rings. The van der Waals surface area contributed by atoms with E-state index in [4.69, 9.17) is 11.6 Å². The summed E-state index contributed by atoms with van der Waals surface area (Å²) >= 11 is 5.44. The van der Waals surface area contributed by atoms with Crippen LogP contribution in [0.15, 0.2) is 46.8 Å². The van der Waals surface area contributed by atoms with E-state index in [0.717, 1.165) is 0 Å². The first kappa shape index (κ1) is 10.3. The zero-order chi connectivity index (χ0) is 9.90. The fraction of sp³-hybridized carbons (Fsp3) is 0.111. The Balaban J connectivity index is 3.02. The number of hydrogen-bond donors (Lipinski definition) is 0. The van der Waals surface area contributed by atoms with E-state index < -0.39 is 9.84 Å². The molecule has 0 aromatic heterocycles. The van der Waals surface area contributed by atoms with Gasteiger partial charge in [-0.3, -0.25) is 0 Å². The molecule has 0 unspecified atom stereocenters. The lowest BCUT2D eigenvalue weighted by Gasteiger charge is -2.01. The van der Waals surface area contributed by atoms with Gasteiger partial charge >= 0.3 is 0 Å². The molecular formula is C9H9ClO2S. The third-order valence-corrected chi connectivity index (χ3v) is 3.46. The van der Waals surface area contributed by atoms with Gasteiger partial charge in [-0.1, -0.05) is 36.4 Å². The van der Waals surface area contributed by atoms with Crippen LogP contribution in [0.25, 0.3) is 0 Å². The van der Waals surface area contributed by atoms with Gasteiger partial charge in [-0.25, -0.2) is 8.42 Å². The Hall–Kier alpha value is -0.800. The molecule has 0 aliphatic rings. The van der Waals surface area contributed by atoms with Crippen LogP contribution in [0.5, 0.6) is 0 Å². The lowest BCUT2D eigenvalue weighted by molar-refractivity contribution is 0.599. The maximum absolute atomic E-state index is 11.5.